The lowest BCUT2D eigenvalue weighted by molar-refractivity contribution is -0.307. The van der Waals surface area contributed by atoms with E-state index in [-0.39, 0.29) is 30.7 Å². The minimum atomic E-state index is -1.63. The molecule has 0 unspecified atom stereocenters. The first-order valence-electron chi connectivity index (χ1n) is 10.0. The number of aliphatic hydroxyl groups is 6. The molecule has 13 heteroatoms. The van der Waals surface area contributed by atoms with Gasteiger partial charge in [0.1, 0.15) is 48.5 Å². The molecule has 0 bridgehead atoms. The van der Waals surface area contributed by atoms with Crippen molar-refractivity contribution in [2.75, 3.05) is 19.8 Å². The largest absolute Gasteiger partial charge is 0.762 e. The molecule has 0 radical (unpaired) electrons. The zero-order valence-electron chi connectivity index (χ0n) is 17.0. The second kappa shape index (κ2) is 11.1. The molecule has 7 N–H and O–H groups in total. The Morgan fingerprint density at radius 3 is 2.22 bits per heavy atom. The Morgan fingerprint density at radius 2 is 1.56 bits per heavy atom. The maximum Gasteiger partial charge on any atom is 0.229 e. The van der Waals surface area contributed by atoms with E-state index in [4.69, 9.17) is 24.2 Å². The van der Waals surface area contributed by atoms with E-state index in [1.165, 1.54) is 0 Å². The first-order valence-corrected chi connectivity index (χ1v) is 10.0. The lowest BCUT2D eigenvalue weighted by Gasteiger charge is -2.41. The predicted molar refractivity (Wildman–Crippen MR) is 103 cm³/mol. The maximum absolute atomic E-state index is 10.6. The van der Waals surface area contributed by atoms with Crippen molar-refractivity contribution in [3.8, 4) is 5.75 Å². The molecule has 3 rings (SSSR count). The van der Waals surface area contributed by atoms with E-state index in [0.717, 1.165) is 5.56 Å². The van der Waals surface area contributed by atoms with Crippen LogP contribution >= 0.6 is 0 Å². The minimum absolute atomic E-state index is 0.105. The number of rotatable bonds is 8. The summed E-state index contributed by atoms with van der Waals surface area (Å²) in [5.74, 6) is 0.271. The first kappa shape index (κ1) is 25.2. The average Bonchev–Trinajstić information content (AvgIpc) is 2.77. The molecule has 2 aliphatic rings. The quantitative estimate of drug-likeness (QED) is 0.193. The molecule has 0 aromatic heterocycles. The molecule has 0 aliphatic carbocycles. The molecule has 0 amide bonds. The summed E-state index contributed by atoms with van der Waals surface area (Å²) in [5.41, 5.74) is 0.748. The molecule has 2 aliphatic heterocycles. The summed E-state index contributed by atoms with van der Waals surface area (Å²) in [5, 5.41) is 78.8. The van der Waals surface area contributed by atoms with Gasteiger partial charge in [-0.1, -0.05) is 12.1 Å². The average molecular weight is 462 g/mol. The standard InChI is InChI=1S/C19H28NO12/c21-11-7-29-18(16(25)13(11)22)30-8-12-14(23)15(24)17(26)19(32-12)31-10-3-1-9(2-4-10)5-6-20(27)28/h1-4,11-19,21-27H,5-8H2/q-1/t11-,12-,13+,14-,15+,16-,17-,18+,19-/m1/s1. The van der Waals surface area contributed by atoms with Gasteiger partial charge in [0.15, 0.2) is 6.29 Å². The second-order valence-electron chi connectivity index (χ2n) is 7.69. The lowest BCUT2D eigenvalue weighted by atomic mass is 9.99. The van der Waals surface area contributed by atoms with Crippen LogP contribution in [0.25, 0.3) is 0 Å². The molecule has 9 atom stereocenters. The SMILES string of the molecule is [O-]N(O)CCc1ccc(O[C@@H]2O[C@H](CO[C@@H]3OC[C@@H](O)[C@H](O)[C@H]3O)[C@@H](O)[C@H](O)[C@H]2O)cc1. The summed E-state index contributed by atoms with van der Waals surface area (Å²) < 4.78 is 21.6. The van der Waals surface area contributed by atoms with Crippen molar-refractivity contribution in [3.05, 3.63) is 35.0 Å². The Hall–Kier alpha value is -1.46. The molecular formula is C19H28NO12-. The third kappa shape index (κ3) is 6.11. The third-order valence-electron chi connectivity index (χ3n) is 5.31. The Morgan fingerprint density at radius 1 is 0.906 bits per heavy atom. The van der Waals surface area contributed by atoms with Crippen molar-refractivity contribution in [1.29, 1.82) is 0 Å². The smallest absolute Gasteiger partial charge is 0.229 e. The highest BCUT2D eigenvalue weighted by Gasteiger charge is 2.46. The van der Waals surface area contributed by atoms with E-state index >= 15 is 0 Å². The summed E-state index contributed by atoms with van der Waals surface area (Å²) in [7, 11) is 0. The summed E-state index contributed by atoms with van der Waals surface area (Å²) in [4.78, 5) is 0. The van der Waals surface area contributed by atoms with Crippen LogP contribution in [0, 0.1) is 5.21 Å². The van der Waals surface area contributed by atoms with Gasteiger partial charge >= 0.3 is 0 Å². The van der Waals surface area contributed by atoms with E-state index in [9.17, 15) is 35.8 Å². The van der Waals surface area contributed by atoms with Crippen LogP contribution in [0.2, 0.25) is 0 Å². The molecule has 0 spiro atoms. The van der Waals surface area contributed by atoms with E-state index in [1.54, 1.807) is 24.3 Å². The van der Waals surface area contributed by atoms with Crippen molar-refractivity contribution in [2.24, 2.45) is 0 Å². The monoisotopic (exact) mass is 462 g/mol. The highest BCUT2D eigenvalue weighted by Crippen LogP contribution is 2.26. The molecule has 0 saturated carbocycles. The Labute approximate surface area is 183 Å². The number of ether oxygens (including phenoxy) is 4. The fraction of sp³-hybridized carbons (Fsp3) is 0.684. The van der Waals surface area contributed by atoms with Crippen molar-refractivity contribution in [3.63, 3.8) is 0 Å². The normalized spacial score (nSPS) is 38.1. The number of aliphatic hydroxyl groups excluding tert-OH is 6. The summed E-state index contributed by atoms with van der Waals surface area (Å²) in [6.45, 7) is -0.766. The van der Waals surface area contributed by atoms with Gasteiger partial charge in [-0.3, -0.25) is 5.23 Å². The summed E-state index contributed by atoms with van der Waals surface area (Å²) in [6.07, 6.45) is -12.6. The fourth-order valence-corrected chi connectivity index (χ4v) is 3.36. The Bertz CT molecular complexity index is 706. The highest BCUT2D eigenvalue weighted by atomic mass is 16.8. The van der Waals surface area contributed by atoms with Gasteiger partial charge in [0.2, 0.25) is 6.29 Å². The Kier molecular flexibility index (Phi) is 8.74. The first-order chi connectivity index (χ1) is 15.2. The predicted octanol–water partition coefficient (Wildman–Crippen LogP) is -2.94. The van der Waals surface area contributed by atoms with Gasteiger partial charge in [-0.15, -0.1) is 0 Å². The number of benzene rings is 1. The van der Waals surface area contributed by atoms with Gasteiger partial charge in [-0.2, -0.15) is 0 Å². The molecule has 1 aromatic carbocycles. The van der Waals surface area contributed by atoms with Crippen molar-refractivity contribution in [1.82, 2.24) is 5.23 Å². The van der Waals surface area contributed by atoms with Gasteiger partial charge in [-0.05, 0) is 24.1 Å². The van der Waals surface area contributed by atoms with E-state index in [2.05, 4.69) is 0 Å². The van der Waals surface area contributed by atoms with Crippen LogP contribution in [-0.2, 0) is 20.6 Å². The molecule has 2 heterocycles. The molecule has 32 heavy (non-hydrogen) atoms. The lowest BCUT2D eigenvalue weighted by Crippen LogP contribution is -2.61. The van der Waals surface area contributed by atoms with Gasteiger partial charge in [0.05, 0.1) is 13.2 Å². The summed E-state index contributed by atoms with van der Waals surface area (Å²) >= 11 is 0. The van der Waals surface area contributed by atoms with Crippen LogP contribution in [0.4, 0.5) is 0 Å². The number of hydroxylamine groups is 2. The van der Waals surface area contributed by atoms with Crippen molar-refractivity contribution >= 4 is 0 Å². The molecule has 182 valence electrons. The minimum Gasteiger partial charge on any atom is -0.762 e. The van der Waals surface area contributed by atoms with Crippen LogP contribution in [0.1, 0.15) is 5.56 Å². The Balaban J connectivity index is 1.57. The van der Waals surface area contributed by atoms with Crippen LogP contribution < -0.4 is 4.74 Å². The van der Waals surface area contributed by atoms with Crippen molar-refractivity contribution < 1.29 is 54.8 Å². The topological polar surface area (TPSA) is 205 Å². The highest BCUT2D eigenvalue weighted by molar-refractivity contribution is 5.27. The van der Waals surface area contributed by atoms with E-state index in [0.29, 0.717) is 6.42 Å². The molecule has 13 nitrogen and oxygen atoms in total. The zero-order valence-corrected chi connectivity index (χ0v) is 17.0. The van der Waals surface area contributed by atoms with Crippen LogP contribution in [0.3, 0.4) is 0 Å². The molecule has 1 aromatic rings. The maximum atomic E-state index is 10.6. The van der Waals surface area contributed by atoms with Crippen LogP contribution in [0.15, 0.2) is 24.3 Å². The van der Waals surface area contributed by atoms with Gasteiger partial charge < -0.3 is 60.0 Å². The number of hydrogen-bond acceptors (Lipinski definition) is 13. The number of nitrogens with zero attached hydrogens (tertiary/aromatic N) is 1. The second-order valence-corrected chi connectivity index (χ2v) is 7.69. The molecule has 2 saturated heterocycles. The van der Waals surface area contributed by atoms with E-state index in [1.807, 2.05) is 0 Å². The van der Waals surface area contributed by atoms with E-state index < -0.39 is 55.3 Å². The summed E-state index contributed by atoms with van der Waals surface area (Å²) in [6, 6.07) is 6.36. The fourth-order valence-electron chi connectivity index (χ4n) is 3.36. The van der Waals surface area contributed by atoms with Gasteiger partial charge in [0, 0.05) is 6.54 Å². The van der Waals surface area contributed by atoms with Crippen molar-refractivity contribution in [2.45, 2.75) is 61.7 Å². The zero-order chi connectivity index (χ0) is 23.4. The van der Waals surface area contributed by atoms with Gasteiger partial charge in [-0.25, -0.2) is 0 Å². The number of hydrogen-bond donors (Lipinski definition) is 7. The van der Waals surface area contributed by atoms with Crippen LogP contribution in [-0.4, -0.2) is 116 Å². The third-order valence-corrected chi connectivity index (χ3v) is 5.31. The molecule has 2 fully saturated rings. The van der Waals surface area contributed by atoms with Crippen LogP contribution in [0.5, 0.6) is 5.75 Å². The van der Waals surface area contributed by atoms with Gasteiger partial charge in [0.25, 0.3) is 0 Å². The molecular weight excluding hydrogens is 434 g/mol.